The van der Waals surface area contributed by atoms with Crippen LogP contribution in [0.3, 0.4) is 0 Å². The molecule has 0 bridgehead atoms. The molecular formula is C10H14CuN12O4. The first-order valence-electron chi connectivity index (χ1n) is 5.83. The third-order valence-corrected chi connectivity index (χ3v) is 2.22. The molecule has 0 saturated carbocycles. The van der Waals surface area contributed by atoms with E-state index in [0.717, 1.165) is 0 Å². The molecule has 0 fully saturated rings. The normalized spacial score (nSPS) is 8.00. The van der Waals surface area contributed by atoms with E-state index in [2.05, 4.69) is 61.2 Å². The maximum Gasteiger partial charge on any atom is 2.00 e. The maximum atomic E-state index is 3.95. The average Bonchev–Trinajstić information content (AvgIpc) is 3.31. The predicted octanol–water partition coefficient (Wildman–Crippen LogP) is -4.73. The Morgan fingerprint density at radius 3 is 1.78 bits per heavy atom. The van der Waals surface area contributed by atoms with Gasteiger partial charge in [-0.05, 0) is 0 Å². The van der Waals surface area contributed by atoms with Gasteiger partial charge in [-0.2, -0.15) is 5.21 Å². The Morgan fingerprint density at radius 2 is 1.33 bits per heavy atom. The van der Waals surface area contributed by atoms with Crippen molar-refractivity contribution in [1.29, 1.82) is 0 Å². The summed E-state index contributed by atoms with van der Waals surface area (Å²) in [6.07, 6.45) is 9.38. The molecule has 0 aliphatic carbocycles. The van der Waals surface area contributed by atoms with E-state index >= 15 is 0 Å². The van der Waals surface area contributed by atoms with Gasteiger partial charge >= 0.3 is 17.1 Å². The summed E-state index contributed by atoms with van der Waals surface area (Å²) in [5.41, 5.74) is 1.16. The molecule has 0 unspecified atom stereocenters. The molecule has 0 saturated heterocycles. The Kier molecular flexibility index (Phi) is 15.8. The zero-order valence-corrected chi connectivity index (χ0v) is 14.1. The van der Waals surface area contributed by atoms with Crippen molar-refractivity contribution in [3.63, 3.8) is 0 Å². The quantitative estimate of drug-likeness (QED) is 0.271. The van der Waals surface area contributed by atoms with Crippen LogP contribution in [-0.4, -0.2) is 72.8 Å². The van der Waals surface area contributed by atoms with Crippen LogP contribution in [0.1, 0.15) is 0 Å². The standard InChI is InChI=1S/2C5H3N6.Cu.4H2O/c2*1-2-7-4(3-6-1)5-8-10-11-9-5;;;;;/h2*1-3H;;4*1H2/q2*-1;+2;;;;. The Hall–Kier alpha value is -3.34. The van der Waals surface area contributed by atoms with Crippen LogP contribution in [-0.2, 0) is 17.1 Å². The second kappa shape index (κ2) is 15.0. The van der Waals surface area contributed by atoms with E-state index in [0.29, 0.717) is 23.0 Å². The van der Waals surface area contributed by atoms with Gasteiger partial charge in [-0.25, -0.2) is 5.10 Å². The molecule has 0 aliphatic rings. The Bertz CT molecular complexity index is 720. The molecule has 16 nitrogen and oxygen atoms in total. The predicted molar refractivity (Wildman–Crippen MR) is 82.8 cm³/mol. The molecule has 0 aromatic carbocycles. The number of tetrazole rings is 2. The minimum Gasteiger partial charge on any atom is -0.412 e. The summed E-state index contributed by atoms with van der Waals surface area (Å²) in [5, 5.41) is 27.7. The van der Waals surface area contributed by atoms with Gasteiger partial charge in [0.1, 0.15) is 5.69 Å². The van der Waals surface area contributed by atoms with Crippen LogP contribution < -0.4 is 10.3 Å². The number of hydrogen-bond acceptors (Lipinski definition) is 10. The van der Waals surface area contributed by atoms with Crippen molar-refractivity contribution in [2.75, 3.05) is 0 Å². The molecular weight excluding hydrogens is 416 g/mol. The van der Waals surface area contributed by atoms with Crippen LogP contribution in [0, 0.1) is 0 Å². The summed E-state index contributed by atoms with van der Waals surface area (Å²) < 4.78 is 0. The fourth-order valence-electron chi connectivity index (χ4n) is 1.32. The number of nitrogens with zero attached hydrogens (tertiary/aromatic N) is 12. The molecule has 8 N–H and O–H groups in total. The van der Waals surface area contributed by atoms with Gasteiger partial charge in [0, 0.05) is 24.8 Å². The molecule has 4 aromatic heterocycles. The van der Waals surface area contributed by atoms with Gasteiger partial charge in [-0.1, -0.05) is 0 Å². The molecule has 0 atom stereocenters. The topological polar surface area (TPSA) is 283 Å². The van der Waals surface area contributed by atoms with Gasteiger partial charge in [-0.15, -0.1) is 0 Å². The van der Waals surface area contributed by atoms with E-state index in [4.69, 9.17) is 0 Å². The van der Waals surface area contributed by atoms with Gasteiger partial charge in [-0.3, -0.25) is 40.7 Å². The summed E-state index contributed by atoms with van der Waals surface area (Å²) in [6.45, 7) is 0. The van der Waals surface area contributed by atoms with E-state index in [1.807, 2.05) is 0 Å². The van der Waals surface area contributed by atoms with Crippen molar-refractivity contribution >= 4 is 0 Å². The van der Waals surface area contributed by atoms with E-state index in [1.54, 1.807) is 37.2 Å². The first-order chi connectivity index (χ1) is 10.9. The molecule has 1 radical (unpaired) electrons. The Morgan fingerprint density at radius 1 is 0.704 bits per heavy atom. The monoisotopic (exact) mass is 429 g/mol. The Labute approximate surface area is 161 Å². The molecule has 0 spiro atoms. The summed E-state index contributed by atoms with van der Waals surface area (Å²) in [4.78, 5) is 15.6. The van der Waals surface area contributed by atoms with Crippen LogP contribution in [0.2, 0.25) is 0 Å². The number of rotatable bonds is 2. The van der Waals surface area contributed by atoms with E-state index in [-0.39, 0.29) is 39.0 Å². The fraction of sp³-hybridized carbons (Fsp3) is 0. The van der Waals surface area contributed by atoms with Crippen LogP contribution >= 0.6 is 0 Å². The van der Waals surface area contributed by atoms with Gasteiger partial charge in [0.15, 0.2) is 0 Å². The third kappa shape index (κ3) is 8.05. The second-order valence-corrected chi connectivity index (χ2v) is 3.59. The van der Waals surface area contributed by atoms with Crippen LogP contribution in [0.15, 0.2) is 37.2 Å². The van der Waals surface area contributed by atoms with Crippen molar-refractivity contribution in [1.82, 2.24) is 61.2 Å². The molecule has 4 aromatic rings. The summed E-state index contributed by atoms with van der Waals surface area (Å²) in [6, 6.07) is 0. The fourth-order valence-corrected chi connectivity index (χ4v) is 1.32. The van der Waals surface area contributed by atoms with Gasteiger partial charge < -0.3 is 32.1 Å². The summed E-state index contributed by atoms with van der Waals surface area (Å²) >= 11 is 0. The van der Waals surface area contributed by atoms with Crippen molar-refractivity contribution in [2.45, 2.75) is 0 Å². The first kappa shape index (κ1) is 28.5. The second-order valence-electron chi connectivity index (χ2n) is 3.59. The molecule has 27 heavy (non-hydrogen) atoms. The van der Waals surface area contributed by atoms with Crippen LogP contribution in [0.5, 0.6) is 0 Å². The van der Waals surface area contributed by atoms with Crippen molar-refractivity contribution in [2.24, 2.45) is 0 Å². The average molecular weight is 430 g/mol. The summed E-state index contributed by atoms with van der Waals surface area (Å²) in [5.74, 6) is 0.802. The zero-order chi connectivity index (χ0) is 15.0. The largest absolute Gasteiger partial charge is 2.00 e. The van der Waals surface area contributed by atoms with Gasteiger partial charge in [0.25, 0.3) is 0 Å². The molecule has 0 amide bonds. The molecule has 17 heteroatoms. The van der Waals surface area contributed by atoms with Crippen molar-refractivity contribution in [3.8, 4) is 23.0 Å². The molecule has 149 valence electrons. The smallest absolute Gasteiger partial charge is 0.412 e. The van der Waals surface area contributed by atoms with Crippen LogP contribution in [0.4, 0.5) is 0 Å². The SMILES string of the molecule is O.O.O.O.[Cu+2].c1cnc(-c2nn[n-]n2)cn1.c1cnc(-c2nnn[n-]2)cn1. The Balaban J connectivity index is -0.000000360. The van der Waals surface area contributed by atoms with Gasteiger partial charge in [0.2, 0.25) is 0 Å². The van der Waals surface area contributed by atoms with E-state index in [1.165, 1.54) is 0 Å². The summed E-state index contributed by atoms with van der Waals surface area (Å²) in [7, 11) is 0. The third-order valence-electron chi connectivity index (χ3n) is 2.22. The minimum absolute atomic E-state index is 0. The van der Waals surface area contributed by atoms with Crippen molar-refractivity contribution < 1.29 is 39.0 Å². The molecule has 0 aliphatic heterocycles. The van der Waals surface area contributed by atoms with E-state index in [9.17, 15) is 0 Å². The number of aromatic nitrogens is 12. The van der Waals surface area contributed by atoms with Crippen LogP contribution in [0.25, 0.3) is 23.0 Å². The minimum atomic E-state index is 0. The molecule has 4 rings (SSSR count). The zero-order valence-electron chi connectivity index (χ0n) is 13.1. The van der Waals surface area contributed by atoms with E-state index < -0.39 is 0 Å². The maximum absolute atomic E-state index is 3.95. The molecule has 4 heterocycles. The first-order valence-corrected chi connectivity index (χ1v) is 5.83. The van der Waals surface area contributed by atoms with Gasteiger partial charge in [0.05, 0.1) is 29.7 Å². The van der Waals surface area contributed by atoms with Crippen molar-refractivity contribution in [3.05, 3.63) is 37.2 Å². The number of hydrogen-bond donors (Lipinski definition) is 0.